The van der Waals surface area contributed by atoms with Gasteiger partial charge in [0.15, 0.2) is 0 Å². The fourth-order valence-electron chi connectivity index (χ4n) is 1.03. The third-order valence-electron chi connectivity index (χ3n) is 1.60. The number of hydrogen-bond donors (Lipinski definition) is 1. The van der Waals surface area contributed by atoms with E-state index < -0.39 is 17.9 Å². The van der Waals surface area contributed by atoms with E-state index in [4.69, 9.17) is 5.11 Å². The molecule has 0 spiro atoms. The molecule has 0 unspecified atom stereocenters. The summed E-state index contributed by atoms with van der Waals surface area (Å²) in [5.74, 6) is -1.20. The fraction of sp³-hybridized carbons (Fsp3) is 0.200. The largest absolute Gasteiger partial charge is 0.573 e. The summed E-state index contributed by atoms with van der Waals surface area (Å²) >= 11 is 0. The molecule has 1 aromatic carbocycles. The van der Waals surface area contributed by atoms with Gasteiger partial charge in [0.05, 0.1) is 6.61 Å². The summed E-state index contributed by atoms with van der Waals surface area (Å²) in [7, 11) is 0. The van der Waals surface area contributed by atoms with E-state index in [1.165, 1.54) is 12.2 Å². The Kier molecular flexibility index (Phi) is 3.89. The maximum atomic E-state index is 13.1. The molecule has 0 atom stereocenters. The molecule has 0 saturated carbocycles. The first-order valence-electron chi connectivity index (χ1n) is 4.25. The van der Waals surface area contributed by atoms with Crippen molar-refractivity contribution in [3.8, 4) is 5.75 Å². The zero-order chi connectivity index (χ0) is 12.2. The topological polar surface area (TPSA) is 29.5 Å². The third kappa shape index (κ3) is 3.90. The Hall–Kier alpha value is -1.56. The second kappa shape index (κ2) is 4.98. The van der Waals surface area contributed by atoms with Crippen LogP contribution in [0.1, 0.15) is 5.56 Å². The van der Waals surface area contributed by atoms with Gasteiger partial charge in [0, 0.05) is 5.56 Å². The lowest BCUT2D eigenvalue weighted by Crippen LogP contribution is -2.17. The highest BCUT2D eigenvalue weighted by Gasteiger charge is 2.31. The number of ether oxygens (including phenoxy) is 1. The molecule has 16 heavy (non-hydrogen) atoms. The normalized spacial score (nSPS) is 12.1. The Morgan fingerprint density at radius 1 is 1.31 bits per heavy atom. The maximum Gasteiger partial charge on any atom is 0.573 e. The van der Waals surface area contributed by atoms with Gasteiger partial charge in [-0.25, -0.2) is 4.39 Å². The molecule has 2 nitrogen and oxygen atoms in total. The monoisotopic (exact) mass is 236 g/mol. The second-order valence-electron chi connectivity index (χ2n) is 2.82. The average Bonchev–Trinajstić information content (AvgIpc) is 2.17. The SMILES string of the molecule is OCC=Cc1cc(OC(F)(F)F)ccc1F. The van der Waals surface area contributed by atoms with Gasteiger partial charge < -0.3 is 9.84 Å². The van der Waals surface area contributed by atoms with Gasteiger partial charge >= 0.3 is 6.36 Å². The molecule has 0 heterocycles. The Morgan fingerprint density at radius 2 is 2.00 bits per heavy atom. The van der Waals surface area contributed by atoms with Crippen molar-refractivity contribution in [1.82, 2.24) is 0 Å². The van der Waals surface area contributed by atoms with Gasteiger partial charge in [0.25, 0.3) is 0 Å². The summed E-state index contributed by atoms with van der Waals surface area (Å²) in [6.07, 6.45) is -2.44. The number of benzene rings is 1. The van der Waals surface area contributed by atoms with E-state index in [1.807, 2.05) is 0 Å². The van der Waals surface area contributed by atoms with Crippen molar-refractivity contribution in [3.05, 3.63) is 35.7 Å². The Labute approximate surface area is 88.8 Å². The smallest absolute Gasteiger partial charge is 0.406 e. The zero-order valence-electron chi connectivity index (χ0n) is 7.96. The quantitative estimate of drug-likeness (QED) is 0.817. The molecule has 0 aliphatic carbocycles. The molecule has 1 rings (SSSR count). The number of rotatable bonds is 3. The molecule has 1 N–H and O–H groups in total. The van der Waals surface area contributed by atoms with E-state index in [1.54, 1.807) is 0 Å². The molecule has 0 saturated heterocycles. The van der Waals surface area contributed by atoms with Crippen molar-refractivity contribution in [1.29, 1.82) is 0 Å². The summed E-state index contributed by atoms with van der Waals surface area (Å²) in [6, 6.07) is 2.63. The molecule has 88 valence electrons. The third-order valence-corrected chi connectivity index (χ3v) is 1.60. The zero-order valence-corrected chi connectivity index (χ0v) is 7.96. The molecular formula is C10H8F4O2. The van der Waals surface area contributed by atoms with Crippen LogP contribution in [-0.2, 0) is 0 Å². The van der Waals surface area contributed by atoms with Crippen LogP contribution in [-0.4, -0.2) is 18.1 Å². The lowest BCUT2D eigenvalue weighted by molar-refractivity contribution is -0.274. The summed E-state index contributed by atoms with van der Waals surface area (Å²) in [5.41, 5.74) is -0.0872. The van der Waals surface area contributed by atoms with Gasteiger partial charge in [0.1, 0.15) is 11.6 Å². The van der Waals surface area contributed by atoms with E-state index in [0.717, 1.165) is 18.2 Å². The summed E-state index contributed by atoms with van der Waals surface area (Å²) in [6.45, 7) is -0.330. The van der Waals surface area contributed by atoms with Crippen molar-refractivity contribution in [2.75, 3.05) is 6.61 Å². The number of aliphatic hydroxyl groups excluding tert-OH is 1. The van der Waals surface area contributed by atoms with Crippen LogP contribution in [0.25, 0.3) is 6.08 Å². The molecule has 0 aliphatic heterocycles. The maximum absolute atomic E-state index is 13.1. The predicted octanol–water partition coefficient (Wildman–Crippen LogP) is 2.73. The first-order chi connectivity index (χ1) is 7.42. The second-order valence-corrected chi connectivity index (χ2v) is 2.82. The molecule has 6 heteroatoms. The molecule has 1 aromatic rings. The van der Waals surface area contributed by atoms with E-state index in [0.29, 0.717) is 0 Å². The number of hydrogen-bond acceptors (Lipinski definition) is 2. The van der Waals surface area contributed by atoms with Crippen LogP contribution < -0.4 is 4.74 Å². The minimum absolute atomic E-state index is 0.0872. The molecule has 0 bridgehead atoms. The van der Waals surface area contributed by atoms with Gasteiger partial charge in [-0.3, -0.25) is 0 Å². The summed E-state index contributed by atoms with van der Waals surface area (Å²) in [5, 5.41) is 8.45. The molecule has 0 aromatic heterocycles. The van der Waals surface area contributed by atoms with E-state index >= 15 is 0 Å². The lowest BCUT2D eigenvalue weighted by atomic mass is 10.2. The Morgan fingerprint density at radius 3 is 2.56 bits per heavy atom. The highest BCUT2D eigenvalue weighted by Crippen LogP contribution is 2.25. The van der Waals surface area contributed by atoms with Crippen LogP contribution in [0.4, 0.5) is 17.6 Å². The van der Waals surface area contributed by atoms with Gasteiger partial charge in [-0.15, -0.1) is 13.2 Å². The first kappa shape index (κ1) is 12.5. The number of halogens is 4. The van der Waals surface area contributed by atoms with Crippen LogP contribution in [0.3, 0.4) is 0 Å². The summed E-state index contributed by atoms with van der Waals surface area (Å²) in [4.78, 5) is 0. The molecule has 0 fully saturated rings. The molecule has 0 amide bonds. The van der Waals surface area contributed by atoms with E-state index in [2.05, 4.69) is 4.74 Å². The first-order valence-corrected chi connectivity index (χ1v) is 4.25. The Balaban J connectivity index is 2.94. The van der Waals surface area contributed by atoms with Crippen LogP contribution in [0.15, 0.2) is 24.3 Å². The fourth-order valence-corrected chi connectivity index (χ4v) is 1.03. The van der Waals surface area contributed by atoms with Crippen molar-refractivity contribution < 1.29 is 27.4 Å². The van der Waals surface area contributed by atoms with Crippen molar-refractivity contribution in [2.45, 2.75) is 6.36 Å². The van der Waals surface area contributed by atoms with Gasteiger partial charge in [0.2, 0.25) is 0 Å². The van der Waals surface area contributed by atoms with Gasteiger partial charge in [-0.05, 0) is 18.2 Å². The predicted molar refractivity (Wildman–Crippen MR) is 49.2 cm³/mol. The standard InChI is InChI=1S/C10H8F4O2/c11-9-4-3-8(16-10(12,13)14)6-7(9)2-1-5-15/h1-4,6,15H,5H2. The molecular weight excluding hydrogens is 228 g/mol. The molecule has 0 radical (unpaired) electrons. The van der Waals surface area contributed by atoms with Crippen LogP contribution in [0.5, 0.6) is 5.75 Å². The van der Waals surface area contributed by atoms with Crippen molar-refractivity contribution >= 4 is 6.08 Å². The van der Waals surface area contributed by atoms with Crippen LogP contribution in [0, 0.1) is 5.82 Å². The lowest BCUT2D eigenvalue weighted by Gasteiger charge is -2.09. The van der Waals surface area contributed by atoms with Crippen molar-refractivity contribution in [3.63, 3.8) is 0 Å². The highest BCUT2D eigenvalue weighted by molar-refractivity contribution is 5.52. The average molecular weight is 236 g/mol. The number of aliphatic hydroxyl groups is 1. The molecule has 0 aliphatic rings. The van der Waals surface area contributed by atoms with Crippen molar-refractivity contribution in [2.24, 2.45) is 0 Å². The van der Waals surface area contributed by atoms with E-state index in [-0.39, 0.29) is 12.2 Å². The van der Waals surface area contributed by atoms with Gasteiger partial charge in [-0.2, -0.15) is 0 Å². The highest BCUT2D eigenvalue weighted by atomic mass is 19.4. The number of alkyl halides is 3. The van der Waals surface area contributed by atoms with Crippen LogP contribution in [0.2, 0.25) is 0 Å². The van der Waals surface area contributed by atoms with Crippen LogP contribution >= 0.6 is 0 Å². The summed E-state index contributed by atoms with van der Waals surface area (Å²) < 4.78 is 52.2. The Bertz CT molecular complexity index is 385. The van der Waals surface area contributed by atoms with Gasteiger partial charge in [-0.1, -0.05) is 12.2 Å². The minimum atomic E-state index is -4.81. The van der Waals surface area contributed by atoms with E-state index in [9.17, 15) is 17.6 Å². The minimum Gasteiger partial charge on any atom is -0.406 e.